The summed E-state index contributed by atoms with van der Waals surface area (Å²) in [6.07, 6.45) is 2.22. The first-order chi connectivity index (χ1) is 26.3. The number of amides is 4. The molecular formula is C40H30Br2Cl3N3O7. The zero-order valence-corrected chi connectivity index (χ0v) is 34.4. The van der Waals surface area contributed by atoms with E-state index in [-0.39, 0.29) is 45.4 Å². The number of ether oxygens (including phenoxy) is 2. The number of methoxy groups -OCH3 is 2. The Labute approximate surface area is 347 Å². The highest BCUT2D eigenvalue weighted by Crippen LogP contribution is 2.66. The lowest BCUT2D eigenvalue weighted by atomic mass is 9.49. The molecule has 3 fully saturated rings. The van der Waals surface area contributed by atoms with Gasteiger partial charge in [-0.15, -0.1) is 0 Å². The van der Waals surface area contributed by atoms with Crippen LogP contribution in [0.1, 0.15) is 29.9 Å². The number of imide groups is 2. The van der Waals surface area contributed by atoms with E-state index in [0.29, 0.717) is 42.7 Å². The minimum absolute atomic E-state index is 0.0636. The Hall–Kier alpha value is -4.07. The number of hydrazine groups is 1. The molecule has 1 saturated carbocycles. The van der Waals surface area contributed by atoms with Crippen molar-refractivity contribution in [2.24, 2.45) is 23.7 Å². The van der Waals surface area contributed by atoms with Crippen LogP contribution in [0.4, 0.5) is 11.4 Å². The molecule has 0 radical (unpaired) electrons. The van der Waals surface area contributed by atoms with Gasteiger partial charge in [0.15, 0.2) is 11.5 Å². The second-order valence-electron chi connectivity index (χ2n) is 13.8. The minimum atomic E-state index is -1.63. The molecule has 10 nitrogen and oxygen atoms in total. The molecule has 4 amide bonds. The fourth-order valence-corrected chi connectivity index (χ4v) is 10.5. The molecule has 4 aromatic rings. The van der Waals surface area contributed by atoms with E-state index in [1.807, 2.05) is 6.08 Å². The number of nitrogens with one attached hydrogen (secondary N) is 1. The smallest absolute Gasteiger partial charge is 0.260 e. The first-order valence-electron chi connectivity index (χ1n) is 17.2. The van der Waals surface area contributed by atoms with Gasteiger partial charge in [0.1, 0.15) is 5.75 Å². The lowest BCUT2D eigenvalue weighted by Gasteiger charge is -2.51. The van der Waals surface area contributed by atoms with Crippen LogP contribution in [0.3, 0.4) is 0 Å². The first kappa shape index (κ1) is 37.8. The van der Waals surface area contributed by atoms with Gasteiger partial charge in [-0.3, -0.25) is 29.5 Å². The van der Waals surface area contributed by atoms with Gasteiger partial charge < -0.3 is 14.6 Å². The largest absolute Gasteiger partial charge is 0.503 e. The van der Waals surface area contributed by atoms with E-state index in [1.165, 1.54) is 25.2 Å². The van der Waals surface area contributed by atoms with Crippen molar-refractivity contribution in [3.8, 4) is 17.2 Å². The molecule has 0 aromatic heterocycles. The van der Waals surface area contributed by atoms with Crippen molar-refractivity contribution in [1.29, 1.82) is 0 Å². The summed E-state index contributed by atoms with van der Waals surface area (Å²) < 4.78 is 11.8. The Morgan fingerprint density at radius 3 is 2.16 bits per heavy atom. The minimum Gasteiger partial charge on any atom is -0.503 e. The summed E-state index contributed by atoms with van der Waals surface area (Å²) in [5, 5.41) is 13.1. The molecule has 282 valence electrons. The Morgan fingerprint density at radius 2 is 1.51 bits per heavy atom. The van der Waals surface area contributed by atoms with Gasteiger partial charge in [0, 0.05) is 20.4 Å². The number of phenolic OH excluding ortho intramolecular Hbond substituents is 1. The lowest BCUT2D eigenvalue weighted by Crippen LogP contribution is -2.53. The number of benzene rings is 4. The monoisotopic (exact) mass is 927 g/mol. The van der Waals surface area contributed by atoms with Crippen molar-refractivity contribution in [3.05, 3.63) is 120 Å². The van der Waals surface area contributed by atoms with Gasteiger partial charge >= 0.3 is 0 Å². The number of hydrogen-bond acceptors (Lipinski definition) is 8. The summed E-state index contributed by atoms with van der Waals surface area (Å²) in [7, 11) is 2.94. The van der Waals surface area contributed by atoms with Crippen LogP contribution in [-0.2, 0) is 24.6 Å². The molecule has 2 saturated heterocycles. The average molecular weight is 931 g/mol. The Kier molecular flexibility index (Phi) is 9.73. The van der Waals surface area contributed by atoms with Crippen LogP contribution >= 0.6 is 66.7 Å². The van der Waals surface area contributed by atoms with Gasteiger partial charge in [-0.2, -0.15) is 5.01 Å². The molecule has 15 heteroatoms. The van der Waals surface area contributed by atoms with Crippen molar-refractivity contribution >= 4 is 102 Å². The summed E-state index contributed by atoms with van der Waals surface area (Å²) in [6.45, 7) is 0. The number of carbonyl (C=O) groups is 4. The maximum Gasteiger partial charge on any atom is 0.260 e. The predicted molar refractivity (Wildman–Crippen MR) is 215 cm³/mol. The van der Waals surface area contributed by atoms with E-state index < -0.39 is 52.7 Å². The maximum absolute atomic E-state index is 15.6. The number of phenols is 1. The number of fused-ring (bicyclic) bond motifs is 4. The molecule has 4 aliphatic rings. The molecule has 55 heavy (non-hydrogen) atoms. The molecule has 6 unspecified atom stereocenters. The van der Waals surface area contributed by atoms with Crippen LogP contribution in [0.25, 0.3) is 0 Å². The topological polar surface area (TPSA) is 125 Å². The predicted octanol–water partition coefficient (Wildman–Crippen LogP) is 9.08. The maximum atomic E-state index is 15.6. The Balaban J connectivity index is 1.37. The van der Waals surface area contributed by atoms with Crippen molar-refractivity contribution in [3.63, 3.8) is 0 Å². The summed E-state index contributed by atoms with van der Waals surface area (Å²) in [4.78, 5) is 60.5. The third kappa shape index (κ3) is 5.69. The number of allylic oxidation sites excluding steroid dienone is 2. The summed E-state index contributed by atoms with van der Waals surface area (Å²) in [5.74, 6) is -5.56. The molecular weight excluding hydrogens is 901 g/mol. The van der Waals surface area contributed by atoms with E-state index >= 15 is 9.59 Å². The third-order valence-electron chi connectivity index (χ3n) is 11.4. The van der Waals surface area contributed by atoms with Crippen molar-refractivity contribution in [2.45, 2.75) is 24.2 Å². The number of hydrogen-bond donors (Lipinski definition) is 2. The van der Waals surface area contributed by atoms with Gasteiger partial charge in [-0.25, -0.2) is 0 Å². The van der Waals surface area contributed by atoms with Gasteiger partial charge in [-0.1, -0.05) is 58.6 Å². The molecule has 2 heterocycles. The normalized spacial score (nSPS) is 25.7. The van der Waals surface area contributed by atoms with Crippen LogP contribution in [0, 0.1) is 23.7 Å². The third-order valence-corrected chi connectivity index (χ3v) is 14.3. The molecule has 2 aliphatic heterocycles. The second kappa shape index (κ2) is 14.1. The van der Waals surface area contributed by atoms with Gasteiger partial charge in [0.25, 0.3) is 11.8 Å². The second-order valence-corrected chi connectivity index (χ2v) is 16.7. The van der Waals surface area contributed by atoms with E-state index in [4.69, 9.17) is 44.3 Å². The molecule has 6 atom stereocenters. The standard InChI is InChI=1S/C40H30Br2Cl3N3O7/c1-54-22-10-3-18(4-11-22)40-27(37(51)48(39(40)53)46-29-14-7-20(44)15-28(29)45)16-25-23(32(40)26-17-30(55-2)35(49)34(42)33(26)41)12-13-24-31(25)38(52)47(36(24)50)21-8-5-19(43)6-9-21/h3-12,14-15,17,24-25,27,31-32,46,49H,13,16H2,1-2H3. The van der Waals surface area contributed by atoms with E-state index in [1.54, 1.807) is 66.7 Å². The molecule has 8 rings (SSSR count). The number of aromatic hydroxyl groups is 1. The van der Waals surface area contributed by atoms with Crippen LogP contribution in [0.15, 0.2) is 93.4 Å². The highest BCUT2D eigenvalue weighted by atomic mass is 79.9. The fraction of sp³-hybridized carbons (Fsp3) is 0.250. The summed E-state index contributed by atoms with van der Waals surface area (Å²) in [5.41, 5.74) is 3.76. The van der Waals surface area contributed by atoms with Crippen molar-refractivity contribution in [1.82, 2.24) is 5.01 Å². The first-order valence-corrected chi connectivity index (χ1v) is 19.9. The molecule has 2 aliphatic carbocycles. The highest BCUT2D eigenvalue weighted by Gasteiger charge is 2.70. The quantitative estimate of drug-likeness (QED) is 0.139. The van der Waals surface area contributed by atoms with E-state index in [9.17, 15) is 14.7 Å². The number of rotatable bonds is 7. The van der Waals surface area contributed by atoms with Crippen LogP contribution < -0.4 is 19.8 Å². The lowest BCUT2D eigenvalue weighted by molar-refractivity contribution is -0.138. The van der Waals surface area contributed by atoms with E-state index in [0.717, 1.165) is 5.01 Å². The van der Waals surface area contributed by atoms with Gasteiger partial charge in [0.2, 0.25) is 11.8 Å². The molecule has 0 spiro atoms. The number of halogens is 5. The van der Waals surface area contributed by atoms with Crippen LogP contribution in [-0.4, -0.2) is 48.0 Å². The van der Waals surface area contributed by atoms with Crippen molar-refractivity contribution < 1.29 is 33.8 Å². The van der Waals surface area contributed by atoms with E-state index in [2.05, 4.69) is 37.3 Å². The highest BCUT2D eigenvalue weighted by molar-refractivity contribution is 9.13. The number of anilines is 2. The zero-order chi connectivity index (χ0) is 39.1. The Morgan fingerprint density at radius 1 is 0.818 bits per heavy atom. The Bertz CT molecular complexity index is 2340. The van der Waals surface area contributed by atoms with Crippen LogP contribution in [0.2, 0.25) is 15.1 Å². The fourth-order valence-electron chi connectivity index (χ4n) is 9.01. The zero-order valence-electron chi connectivity index (χ0n) is 29.0. The molecule has 0 bridgehead atoms. The summed E-state index contributed by atoms with van der Waals surface area (Å²) >= 11 is 26.1. The SMILES string of the molecule is COc1ccc(C23C(=O)N(Nc4ccc(Cl)cc4Cl)C(=O)C2CC2C(=CCC4C(=O)N(c5ccc(Cl)cc5)C(=O)C42)C3c2cc(OC)c(O)c(Br)c2Br)cc1. The van der Waals surface area contributed by atoms with Gasteiger partial charge in [0.05, 0.1) is 58.3 Å². The molecule has 4 aromatic carbocycles. The summed E-state index contributed by atoms with van der Waals surface area (Å²) in [6, 6.07) is 19.8. The van der Waals surface area contributed by atoms with Gasteiger partial charge in [-0.05, 0) is 122 Å². The molecule has 2 N–H and O–H groups in total. The average Bonchev–Trinajstić information content (AvgIpc) is 3.56. The number of nitrogens with zero attached hydrogens (tertiary/aromatic N) is 2. The van der Waals surface area contributed by atoms with Crippen molar-refractivity contribution in [2.75, 3.05) is 24.5 Å². The van der Waals surface area contributed by atoms with Crippen LogP contribution in [0.5, 0.6) is 17.2 Å². The number of carbonyl (C=O) groups excluding carboxylic acids is 4.